The minimum Gasteiger partial charge on any atom is -0.497 e. The average Bonchev–Trinajstić information content (AvgIpc) is 3.97. The van der Waals surface area contributed by atoms with Gasteiger partial charge in [0.25, 0.3) is 15.9 Å². The Balaban J connectivity index is 1.35. The lowest BCUT2D eigenvalue weighted by Crippen LogP contribution is -2.60. The standard InChI is InChI=1S/C38H50FN5O8S/c1-22-9-7-8-10-25-20-38(25,35(48)43-53(49,50)37(39)14-15-37)42-31(45)29-19-27(52-32-28-12-11-26(51-6)18-24(28)13-16-40-32)21-44(29)33(46)30(23(2)17-22)41-34(47)36(3,4)5/h8,10-13,16,18,22-23,25,27,29-30H,7,9,14-15,17,19-21H2,1-6H3,(H,41,47)(H,42,45)(H,43,48)/b10-8-/t22-,23-,25-,27-,29?,30+,38-/m1/s1. The number of nitrogens with zero attached hydrogens (tertiary/aromatic N) is 2. The number of amides is 4. The van der Waals surface area contributed by atoms with Gasteiger partial charge in [0.2, 0.25) is 28.6 Å². The zero-order valence-electron chi connectivity index (χ0n) is 31.1. The molecule has 13 nitrogen and oxygen atoms in total. The van der Waals surface area contributed by atoms with Gasteiger partial charge in [-0.25, -0.2) is 22.5 Å². The summed E-state index contributed by atoms with van der Waals surface area (Å²) in [5.41, 5.74) is -2.47. The molecule has 1 aromatic carbocycles. The van der Waals surface area contributed by atoms with E-state index in [0.29, 0.717) is 29.9 Å². The van der Waals surface area contributed by atoms with Crippen LogP contribution in [0.5, 0.6) is 11.6 Å². The van der Waals surface area contributed by atoms with Gasteiger partial charge in [0.05, 0.1) is 13.7 Å². The van der Waals surface area contributed by atoms with Crippen molar-refractivity contribution >= 4 is 44.4 Å². The van der Waals surface area contributed by atoms with Crippen molar-refractivity contribution in [3.8, 4) is 11.6 Å². The number of sulfonamides is 1. The number of fused-ring (bicyclic) bond motifs is 3. The molecule has 15 heteroatoms. The minimum atomic E-state index is -4.65. The molecule has 3 fully saturated rings. The van der Waals surface area contributed by atoms with E-state index in [9.17, 15) is 32.0 Å². The summed E-state index contributed by atoms with van der Waals surface area (Å²) in [7, 11) is -3.08. The van der Waals surface area contributed by atoms with Gasteiger partial charge in [0.15, 0.2) is 0 Å². The monoisotopic (exact) mass is 755 g/mol. The second-order valence-corrected chi connectivity index (χ2v) is 18.2. The van der Waals surface area contributed by atoms with Crippen LogP contribution in [0.1, 0.15) is 79.6 Å². The third kappa shape index (κ3) is 7.85. The number of rotatable bonds is 7. The third-order valence-electron chi connectivity index (χ3n) is 11.0. The summed E-state index contributed by atoms with van der Waals surface area (Å²) in [5, 5.41) is 4.75. The molecule has 1 unspecified atom stereocenters. The highest BCUT2D eigenvalue weighted by molar-refractivity contribution is 7.91. The van der Waals surface area contributed by atoms with Crippen LogP contribution in [0.2, 0.25) is 0 Å². The van der Waals surface area contributed by atoms with Gasteiger partial charge in [-0.2, -0.15) is 0 Å². The van der Waals surface area contributed by atoms with Crippen molar-refractivity contribution in [2.24, 2.45) is 23.2 Å². The highest BCUT2D eigenvalue weighted by Crippen LogP contribution is 2.48. The van der Waals surface area contributed by atoms with Crippen molar-refractivity contribution in [3.05, 3.63) is 42.6 Å². The highest BCUT2D eigenvalue weighted by Gasteiger charge is 2.64. The number of carbonyl (C=O) groups excluding carboxylic acids is 4. The van der Waals surface area contributed by atoms with E-state index >= 15 is 0 Å². The average molecular weight is 756 g/mol. The Bertz CT molecular complexity index is 1930. The summed E-state index contributed by atoms with van der Waals surface area (Å²) in [4.78, 5) is 62.0. The summed E-state index contributed by atoms with van der Waals surface area (Å²) in [6.07, 6.45) is 6.23. The summed E-state index contributed by atoms with van der Waals surface area (Å²) < 4.78 is 54.0. The van der Waals surface area contributed by atoms with Crippen molar-refractivity contribution < 1.29 is 41.5 Å². The van der Waals surface area contributed by atoms with Crippen LogP contribution in [0.15, 0.2) is 42.6 Å². The Labute approximate surface area is 309 Å². The number of nitrogens with one attached hydrogen (secondary N) is 3. The Morgan fingerprint density at radius 3 is 2.53 bits per heavy atom. The maximum Gasteiger partial charge on any atom is 0.270 e. The number of alkyl halides is 1. The number of benzene rings is 1. The maximum absolute atomic E-state index is 14.7. The first kappa shape index (κ1) is 38.5. The zero-order chi connectivity index (χ0) is 38.5. The molecular formula is C38H50FN5O8S. The molecule has 6 rings (SSSR count). The molecule has 2 aliphatic carbocycles. The van der Waals surface area contributed by atoms with E-state index in [4.69, 9.17) is 9.47 Å². The predicted octanol–water partition coefficient (Wildman–Crippen LogP) is 3.92. The Kier molecular flexibility index (Phi) is 10.3. The van der Waals surface area contributed by atoms with Gasteiger partial charge in [-0.1, -0.05) is 46.8 Å². The Morgan fingerprint density at radius 2 is 1.85 bits per heavy atom. The second kappa shape index (κ2) is 14.2. The fourth-order valence-electron chi connectivity index (χ4n) is 7.35. The Morgan fingerprint density at radius 1 is 1.11 bits per heavy atom. The van der Waals surface area contributed by atoms with Crippen molar-refractivity contribution in [1.82, 2.24) is 25.2 Å². The molecule has 0 radical (unpaired) electrons. The normalized spacial score (nSPS) is 30.8. The van der Waals surface area contributed by atoms with Gasteiger partial charge >= 0.3 is 0 Å². The molecule has 0 bridgehead atoms. The highest BCUT2D eigenvalue weighted by atomic mass is 32.2. The largest absolute Gasteiger partial charge is 0.497 e. The van der Waals surface area contributed by atoms with Crippen molar-refractivity contribution in [2.75, 3.05) is 13.7 Å². The fourth-order valence-corrected chi connectivity index (χ4v) is 8.60. The van der Waals surface area contributed by atoms with Crippen LogP contribution in [0.4, 0.5) is 4.39 Å². The van der Waals surface area contributed by atoms with Gasteiger partial charge < -0.3 is 25.0 Å². The molecule has 53 heavy (non-hydrogen) atoms. The molecule has 3 N–H and O–H groups in total. The molecule has 288 valence electrons. The van der Waals surface area contributed by atoms with Crippen molar-refractivity contribution in [3.63, 3.8) is 0 Å². The topological polar surface area (TPSA) is 173 Å². The molecule has 3 heterocycles. The predicted molar refractivity (Wildman–Crippen MR) is 195 cm³/mol. The first-order valence-electron chi connectivity index (χ1n) is 18.3. The molecular weight excluding hydrogens is 706 g/mol. The molecule has 1 saturated heterocycles. The van der Waals surface area contributed by atoms with Crippen molar-refractivity contribution in [2.45, 2.75) is 108 Å². The van der Waals surface area contributed by atoms with Crippen LogP contribution >= 0.6 is 0 Å². The lowest BCUT2D eigenvalue weighted by Gasteiger charge is -2.34. The van der Waals surface area contributed by atoms with E-state index in [-0.39, 0.29) is 50.0 Å². The summed E-state index contributed by atoms with van der Waals surface area (Å²) in [5.74, 6) is -2.28. The molecule has 7 atom stereocenters. The molecule has 0 spiro atoms. The van der Waals surface area contributed by atoms with Crippen molar-refractivity contribution in [1.29, 1.82) is 0 Å². The summed E-state index contributed by atoms with van der Waals surface area (Å²) in [6.45, 7) is 9.22. The smallest absolute Gasteiger partial charge is 0.270 e. The van der Waals surface area contributed by atoms with Gasteiger partial charge in [-0.3, -0.25) is 19.2 Å². The Hall–Kier alpha value is -4.27. The number of halogens is 1. The molecule has 4 aliphatic rings. The molecule has 2 saturated carbocycles. The third-order valence-corrected chi connectivity index (χ3v) is 12.8. The second-order valence-electron chi connectivity index (χ2n) is 16.3. The number of hydrogen-bond acceptors (Lipinski definition) is 9. The van der Waals surface area contributed by atoms with Crippen LogP contribution in [0, 0.1) is 23.2 Å². The number of carbonyl (C=O) groups is 4. The van der Waals surface area contributed by atoms with Crippen LogP contribution in [0.25, 0.3) is 10.8 Å². The van der Waals surface area contributed by atoms with Gasteiger partial charge in [0, 0.05) is 42.2 Å². The first-order chi connectivity index (χ1) is 24.9. The quantitative estimate of drug-likeness (QED) is 0.354. The molecule has 2 aromatic rings. The lowest BCUT2D eigenvalue weighted by molar-refractivity contribution is -0.144. The first-order valence-corrected chi connectivity index (χ1v) is 19.8. The molecule has 2 aliphatic heterocycles. The molecule has 4 amide bonds. The SMILES string of the molecule is COc1ccc2c(O[C@@H]3CC4C(=O)N[C@]5(C(=O)NS(=O)(=O)C6(F)CC6)C[C@H]5/C=C\CC[C@@H](C)C[C@@H](C)[C@H](NC(=O)C(C)(C)C)C(=O)N4C3)nccc2c1. The van der Waals surface area contributed by atoms with E-state index in [1.54, 1.807) is 46.2 Å². The number of aromatic nitrogens is 1. The summed E-state index contributed by atoms with van der Waals surface area (Å²) in [6, 6.07) is 5.10. The summed E-state index contributed by atoms with van der Waals surface area (Å²) >= 11 is 0. The van der Waals surface area contributed by atoms with Crippen LogP contribution < -0.4 is 24.8 Å². The number of hydrogen-bond donors (Lipinski definition) is 3. The fraction of sp³-hybridized carbons (Fsp3) is 0.605. The molecule has 1 aromatic heterocycles. The van der Waals surface area contributed by atoms with E-state index in [1.165, 1.54) is 4.90 Å². The van der Waals surface area contributed by atoms with Crippen LogP contribution in [-0.4, -0.2) is 84.3 Å². The minimum absolute atomic E-state index is 0.0145. The number of pyridine rings is 1. The van der Waals surface area contributed by atoms with E-state index in [2.05, 4.69) is 22.5 Å². The number of allylic oxidation sites excluding steroid dienone is 1. The number of ether oxygens (including phenoxy) is 2. The number of methoxy groups -OCH3 is 1. The lowest BCUT2D eigenvalue weighted by atomic mass is 9.86. The van der Waals surface area contributed by atoms with E-state index < -0.39 is 67.8 Å². The van der Waals surface area contributed by atoms with E-state index in [1.807, 2.05) is 35.9 Å². The van der Waals surface area contributed by atoms with Gasteiger partial charge in [0.1, 0.15) is 29.5 Å². The van der Waals surface area contributed by atoms with Gasteiger partial charge in [-0.15, -0.1) is 0 Å². The van der Waals surface area contributed by atoms with Crippen LogP contribution in [-0.2, 0) is 29.2 Å². The maximum atomic E-state index is 14.7. The van der Waals surface area contributed by atoms with Crippen LogP contribution in [0.3, 0.4) is 0 Å². The van der Waals surface area contributed by atoms with E-state index in [0.717, 1.165) is 11.8 Å². The van der Waals surface area contributed by atoms with Gasteiger partial charge in [-0.05, 0) is 67.2 Å². The zero-order valence-corrected chi connectivity index (χ0v) is 31.9.